The summed E-state index contributed by atoms with van der Waals surface area (Å²) >= 11 is 0. The largest absolute Gasteiger partial charge is 0.382 e. The highest BCUT2D eigenvalue weighted by Crippen LogP contribution is 2.40. The zero-order valence-electron chi connectivity index (χ0n) is 20.6. The van der Waals surface area contributed by atoms with E-state index < -0.39 is 0 Å². The molecule has 1 aliphatic carbocycles. The van der Waals surface area contributed by atoms with Crippen LogP contribution < -0.4 is 10.6 Å². The summed E-state index contributed by atoms with van der Waals surface area (Å²) in [5.41, 5.74) is 2.76. The molecular weight excluding hydrogens is 529 g/mol. The molecule has 1 saturated carbocycles. The molecule has 3 rings (SSSR count). The predicted octanol–water partition coefficient (Wildman–Crippen LogP) is 5.04. The molecule has 6 nitrogen and oxygen atoms in total. The van der Waals surface area contributed by atoms with Gasteiger partial charge in [-0.05, 0) is 62.5 Å². The van der Waals surface area contributed by atoms with E-state index in [1.807, 2.05) is 0 Å². The third-order valence-electron chi connectivity index (χ3n) is 6.69. The van der Waals surface area contributed by atoms with Crippen molar-refractivity contribution < 1.29 is 14.2 Å². The van der Waals surface area contributed by atoms with Gasteiger partial charge in [-0.2, -0.15) is 0 Å². The first-order chi connectivity index (χ1) is 15.7. The monoisotopic (exact) mass is 573 g/mol. The summed E-state index contributed by atoms with van der Waals surface area (Å²) in [5.74, 6) is 0.902. The number of nitrogens with one attached hydrogen (secondary N) is 2. The van der Waals surface area contributed by atoms with Crippen molar-refractivity contribution in [3.8, 4) is 0 Å². The van der Waals surface area contributed by atoms with Gasteiger partial charge in [0, 0.05) is 39.5 Å². The Hall–Kier alpha value is -0.900. The molecule has 0 radical (unpaired) electrons. The quantitative estimate of drug-likeness (QED) is 0.159. The van der Waals surface area contributed by atoms with Crippen LogP contribution in [-0.2, 0) is 27.4 Å². The average molecular weight is 574 g/mol. The number of rotatable bonds is 12. The van der Waals surface area contributed by atoms with Gasteiger partial charge in [0.05, 0.1) is 19.3 Å². The molecule has 0 unspecified atom stereocenters. The number of ether oxygens (including phenoxy) is 3. The molecule has 188 valence electrons. The lowest BCUT2D eigenvalue weighted by molar-refractivity contribution is -0.0390. The number of hydrogen-bond acceptors (Lipinski definition) is 4. The summed E-state index contributed by atoms with van der Waals surface area (Å²) in [6.45, 7) is 10.6. The number of halogens is 1. The van der Waals surface area contributed by atoms with Gasteiger partial charge in [-0.1, -0.05) is 37.1 Å². The van der Waals surface area contributed by atoms with Crippen LogP contribution in [0.15, 0.2) is 29.3 Å². The van der Waals surface area contributed by atoms with E-state index in [1.165, 1.54) is 36.8 Å². The molecule has 1 heterocycles. The highest BCUT2D eigenvalue weighted by molar-refractivity contribution is 14.0. The van der Waals surface area contributed by atoms with E-state index >= 15 is 0 Å². The topological polar surface area (TPSA) is 64.1 Å². The van der Waals surface area contributed by atoms with Crippen LogP contribution in [0.3, 0.4) is 0 Å². The fourth-order valence-electron chi connectivity index (χ4n) is 4.73. The molecule has 1 aliphatic heterocycles. The lowest BCUT2D eigenvalue weighted by atomic mass is 9.83. The Morgan fingerprint density at radius 3 is 2.61 bits per heavy atom. The number of nitrogens with zero attached hydrogens (tertiary/aromatic N) is 1. The summed E-state index contributed by atoms with van der Waals surface area (Å²) in [4.78, 5) is 4.87. The van der Waals surface area contributed by atoms with Crippen LogP contribution in [0.25, 0.3) is 0 Å². The van der Waals surface area contributed by atoms with Crippen molar-refractivity contribution in [2.75, 3.05) is 39.5 Å². The first-order valence-electron chi connectivity index (χ1n) is 12.6. The fraction of sp³-hybridized carbons (Fsp3) is 0.731. The zero-order valence-corrected chi connectivity index (χ0v) is 22.9. The first-order valence-corrected chi connectivity index (χ1v) is 12.6. The third-order valence-corrected chi connectivity index (χ3v) is 6.69. The molecule has 2 fully saturated rings. The predicted molar refractivity (Wildman–Crippen MR) is 145 cm³/mol. The van der Waals surface area contributed by atoms with Gasteiger partial charge in [-0.15, -0.1) is 24.0 Å². The second kappa shape index (κ2) is 15.9. The molecule has 0 aromatic heterocycles. The summed E-state index contributed by atoms with van der Waals surface area (Å²) in [6.07, 6.45) is 8.64. The smallest absolute Gasteiger partial charge is 0.191 e. The Morgan fingerprint density at radius 2 is 1.88 bits per heavy atom. The Kier molecular flexibility index (Phi) is 13.7. The normalized spacial score (nSPS) is 18.7. The average Bonchev–Trinajstić information content (AvgIpc) is 3.30. The molecule has 1 aromatic carbocycles. The molecule has 0 spiro atoms. The van der Waals surface area contributed by atoms with E-state index in [0.717, 1.165) is 64.7 Å². The summed E-state index contributed by atoms with van der Waals surface area (Å²) in [6, 6.07) is 8.60. The lowest BCUT2D eigenvalue weighted by Gasteiger charge is -2.30. The van der Waals surface area contributed by atoms with Gasteiger partial charge in [-0.3, -0.25) is 0 Å². The molecule has 2 N–H and O–H groups in total. The van der Waals surface area contributed by atoms with Crippen molar-refractivity contribution >= 4 is 29.9 Å². The molecule has 1 aromatic rings. The number of hydrogen-bond donors (Lipinski definition) is 2. The van der Waals surface area contributed by atoms with Crippen molar-refractivity contribution in [2.45, 2.75) is 78.0 Å². The minimum atomic E-state index is 0. The van der Waals surface area contributed by atoms with Crippen LogP contribution in [0.4, 0.5) is 0 Å². The highest BCUT2D eigenvalue weighted by Gasteiger charge is 2.33. The fourth-order valence-corrected chi connectivity index (χ4v) is 4.73. The van der Waals surface area contributed by atoms with Crippen LogP contribution in [0.2, 0.25) is 0 Å². The summed E-state index contributed by atoms with van der Waals surface area (Å²) < 4.78 is 17.2. The first kappa shape index (κ1) is 28.3. The number of aliphatic imine (C=N–C) groups is 1. The molecule has 0 bridgehead atoms. The summed E-state index contributed by atoms with van der Waals surface area (Å²) in [7, 11) is 0. The molecule has 7 heteroatoms. The third kappa shape index (κ3) is 10.1. The maximum Gasteiger partial charge on any atom is 0.191 e. The van der Waals surface area contributed by atoms with Crippen LogP contribution in [0.5, 0.6) is 0 Å². The Morgan fingerprint density at radius 1 is 1.12 bits per heavy atom. The van der Waals surface area contributed by atoms with Crippen molar-refractivity contribution in [2.24, 2.45) is 10.4 Å². The van der Waals surface area contributed by atoms with Gasteiger partial charge in [0.15, 0.2) is 5.96 Å². The van der Waals surface area contributed by atoms with Crippen molar-refractivity contribution in [1.29, 1.82) is 0 Å². The van der Waals surface area contributed by atoms with Crippen molar-refractivity contribution in [3.63, 3.8) is 0 Å². The Bertz CT molecular complexity index is 689. The van der Waals surface area contributed by atoms with Gasteiger partial charge in [0.1, 0.15) is 0 Å². The highest BCUT2D eigenvalue weighted by atomic mass is 127. The van der Waals surface area contributed by atoms with E-state index in [-0.39, 0.29) is 24.0 Å². The van der Waals surface area contributed by atoms with Gasteiger partial charge >= 0.3 is 0 Å². The van der Waals surface area contributed by atoms with Gasteiger partial charge in [-0.25, -0.2) is 4.99 Å². The SMILES string of the molecule is CCNC(=NCc1cccc(COC2CCOCC2)c1)NCC1(CCOCC)CCCC1.I. The minimum Gasteiger partial charge on any atom is -0.382 e. The molecule has 1 saturated heterocycles. The van der Waals surface area contributed by atoms with E-state index in [9.17, 15) is 0 Å². The van der Waals surface area contributed by atoms with Gasteiger partial charge < -0.3 is 24.8 Å². The maximum atomic E-state index is 6.08. The zero-order chi connectivity index (χ0) is 22.5. The van der Waals surface area contributed by atoms with Crippen LogP contribution >= 0.6 is 24.0 Å². The molecule has 33 heavy (non-hydrogen) atoms. The lowest BCUT2D eigenvalue weighted by Crippen LogP contribution is -2.43. The molecule has 0 atom stereocenters. The molecular formula is C26H44IN3O3. The standard InChI is InChI=1S/C26H43N3O3.HI/c1-3-27-25(29-21-26(12-5-6-13-26)14-17-30-4-2)28-19-22-8-7-9-23(18-22)20-32-24-10-15-31-16-11-24;/h7-9,18,24H,3-6,10-17,19-21H2,1-2H3,(H2,27,28,29);1H. The van der Waals surface area contributed by atoms with Crippen LogP contribution in [0, 0.1) is 5.41 Å². The van der Waals surface area contributed by atoms with Crippen LogP contribution in [0.1, 0.15) is 69.9 Å². The molecule has 0 amide bonds. The second-order valence-electron chi connectivity index (χ2n) is 9.15. The van der Waals surface area contributed by atoms with E-state index in [2.05, 4.69) is 48.7 Å². The Labute approximate surface area is 217 Å². The van der Waals surface area contributed by atoms with E-state index in [0.29, 0.717) is 24.7 Å². The van der Waals surface area contributed by atoms with Gasteiger partial charge in [0.2, 0.25) is 0 Å². The second-order valence-corrected chi connectivity index (χ2v) is 9.15. The van der Waals surface area contributed by atoms with E-state index in [4.69, 9.17) is 19.2 Å². The number of benzene rings is 1. The van der Waals surface area contributed by atoms with E-state index in [1.54, 1.807) is 0 Å². The van der Waals surface area contributed by atoms with Crippen molar-refractivity contribution in [1.82, 2.24) is 10.6 Å². The molecule has 2 aliphatic rings. The van der Waals surface area contributed by atoms with Gasteiger partial charge in [0.25, 0.3) is 0 Å². The van der Waals surface area contributed by atoms with Crippen molar-refractivity contribution in [3.05, 3.63) is 35.4 Å². The number of guanidine groups is 1. The summed E-state index contributed by atoms with van der Waals surface area (Å²) in [5, 5.41) is 7.05. The van der Waals surface area contributed by atoms with Crippen LogP contribution in [-0.4, -0.2) is 51.6 Å². The minimum absolute atomic E-state index is 0. The Balaban J connectivity index is 0.00000385. The maximum absolute atomic E-state index is 6.08.